The first-order chi connectivity index (χ1) is 17.4. The molecule has 3 heterocycles. The molecule has 0 radical (unpaired) electrons. The summed E-state index contributed by atoms with van der Waals surface area (Å²) >= 11 is 0. The Hall–Kier alpha value is -3.98. The van der Waals surface area contributed by atoms with E-state index in [4.69, 9.17) is 0 Å². The Labute approximate surface area is 207 Å². The molecule has 2 aliphatic heterocycles. The van der Waals surface area contributed by atoms with Crippen LogP contribution in [0.3, 0.4) is 0 Å². The number of H-pyrrole nitrogens is 1. The molecule has 3 atom stereocenters. The van der Waals surface area contributed by atoms with Crippen molar-refractivity contribution in [1.82, 2.24) is 14.8 Å². The summed E-state index contributed by atoms with van der Waals surface area (Å²) in [6.45, 7) is 2.36. The lowest BCUT2D eigenvalue weighted by molar-refractivity contribution is -0.991. The van der Waals surface area contributed by atoms with Crippen LogP contribution in [0.2, 0.25) is 0 Å². The van der Waals surface area contributed by atoms with Crippen molar-refractivity contribution in [3.63, 3.8) is 0 Å². The molecule has 1 saturated heterocycles. The quantitative estimate of drug-likeness (QED) is 0.389. The maximum absolute atomic E-state index is 13.8. The van der Waals surface area contributed by atoms with Crippen LogP contribution in [-0.2, 0) is 22.6 Å². The summed E-state index contributed by atoms with van der Waals surface area (Å²) in [5.74, 6) is -0.243. The molecule has 8 nitrogen and oxygen atoms in total. The van der Waals surface area contributed by atoms with Crippen molar-refractivity contribution in [2.24, 2.45) is 0 Å². The number of fused-ring (bicyclic) bond motifs is 4. The monoisotopic (exact) mass is 482 g/mol. The maximum Gasteiger partial charge on any atom is 0.246 e. The minimum atomic E-state index is -1.04. The van der Waals surface area contributed by atoms with E-state index in [0.29, 0.717) is 18.5 Å². The first-order valence-corrected chi connectivity index (χ1v) is 12.0. The molecule has 2 unspecified atom stereocenters. The number of amides is 2. The standard InChI is InChI=1S/C28H26N4O4/c1-17-9-11-18(12-10-17)15-30-16-25(33)31-24(28(30)34)14-22-21-7-2-3-8-23(21)29-26(22)27(31)19-5-4-6-20(13-19)32(35)36/h2-13,24,27,29,32,35H,14-16H2,1H3/t24-,27?/m0/s1. The number of aromatic amines is 1. The highest BCUT2D eigenvalue weighted by Gasteiger charge is 2.48. The molecule has 182 valence electrons. The molecule has 1 aromatic heterocycles. The Balaban J connectivity index is 1.45. The highest BCUT2D eigenvalue weighted by atomic mass is 16.8. The average molecular weight is 483 g/mol. The molecule has 2 amide bonds. The van der Waals surface area contributed by atoms with E-state index >= 15 is 0 Å². The topological polar surface area (TPSA) is 104 Å². The van der Waals surface area contributed by atoms with Gasteiger partial charge in [-0.15, -0.1) is 0 Å². The van der Waals surface area contributed by atoms with Gasteiger partial charge in [0.2, 0.25) is 11.8 Å². The van der Waals surface area contributed by atoms with Gasteiger partial charge in [-0.25, -0.2) is 5.21 Å². The van der Waals surface area contributed by atoms with Gasteiger partial charge in [0.1, 0.15) is 12.6 Å². The van der Waals surface area contributed by atoms with Gasteiger partial charge < -0.3 is 20.0 Å². The lowest BCUT2D eigenvalue weighted by Gasteiger charge is -2.47. The van der Waals surface area contributed by atoms with Gasteiger partial charge in [-0.05, 0) is 29.7 Å². The van der Waals surface area contributed by atoms with Crippen molar-refractivity contribution in [3.05, 3.63) is 106 Å². The summed E-state index contributed by atoms with van der Waals surface area (Å²) in [6.07, 6.45) is 0.406. The van der Waals surface area contributed by atoms with Crippen molar-refractivity contribution in [2.75, 3.05) is 6.54 Å². The van der Waals surface area contributed by atoms with Crippen LogP contribution in [0.25, 0.3) is 10.9 Å². The van der Waals surface area contributed by atoms with Crippen LogP contribution >= 0.6 is 0 Å². The highest BCUT2D eigenvalue weighted by molar-refractivity contribution is 5.97. The smallest absolute Gasteiger partial charge is 0.246 e. The van der Waals surface area contributed by atoms with E-state index < -0.39 is 17.3 Å². The number of quaternary nitrogens is 1. The maximum atomic E-state index is 13.8. The molecule has 0 spiro atoms. The number of para-hydroxylation sites is 1. The van der Waals surface area contributed by atoms with Crippen molar-refractivity contribution in [2.45, 2.75) is 32.0 Å². The Kier molecular flexibility index (Phi) is 5.37. The van der Waals surface area contributed by atoms with Gasteiger partial charge in [0, 0.05) is 41.7 Å². The summed E-state index contributed by atoms with van der Waals surface area (Å²) in [4.78, 5) is 34.3. The van der Waals surface area contributed by atoms with E-state index in [1.54, 1.807) is 21.9 Å². The zero-order valence-electron chi connectivity index (χ0n) is 19.8. The molecule has 6 rings (SSSR count). The second-order valence-corrected chi connectivity index (χ2v) is 9.60. The average Bonchev–Trinajstić information content (AvgIpc) is 3.25. The fourth-order valence-corrected chi connectivity index (χ4v) is 5.56. The molecule has 1 fully saturated rings. The highest BCUT2D eigenvalue weighted by Crippen LogP contribution is 2.42. The van der Waals surface area contributed by atoms with Gasteiger partial charge in [0.15, 0.2) is 5.69 Å². The van der Waals surface area contributed by atoms with E-state index in [1.165, 1.54) is 6.07 Å². The third-order valence-corrected chi connectivity index (χ3v) is 7.29. The Bertz CT molecular complexity index is 1480. The molecular formula is C28H26N4O4. The first kappa shape index (κ1) is 22.5. The Morgan fingerprint density at radius 1 is 1.06 bits per heavy atom. The van der Waals surface area contributed by atoms with E-state index in [9.17, 15) is 20.0 Å². The summed E-state index contributed by atoms with van der Waals surface area (Å²) < 4.78 is 0. The summed E-state index contributed by atoms with van der Waals surface area (Å²) in [5, 5.41) is 21.3. The lowest BCUT2D eigenvalue weighted by atomic mass is 9.86. The predicted octanol–water partition coefficient (Wildman–Crippen LogP) is 2.76. The van der Waals surface area contributed by atoms with Crippen molar-refractivity contribution in [3.8, 4) is 0 Å². The van der Waals surface area contributed by atoms with Crippen LogP contribution in [0.1, 0.15) is 34.0 Å². The van der Waals surface area contributed by atoms with Gasteiger partial charge in [-0.3, -0.25) is 9.59 Å². The number of carbonyl (C=O) groups is 2. The molecule has 8 heteroatoms. The normalized spacial score (nSPS) is 20.4. The minimum Gasteiger partial charge on any atom is -0.595 e. The molecule has 2 aliphatic rings. The SMILES string of the molecule is Cc1ccc(CN2CC(=O)N3C(c4cccc([NH+]([O-])O)c4)c4[nH]c5ccccc5c4C[C@H]3C2=O)cc1. The van der Waals surface area contributed by atoms with Crippen LogP contribution in [0.4, 0.5) is 5.69 Å². The molecule has 3 aromatic carbocycles. The number of aromatic nitrogens is 1. The van der Waals surface area contributed by atoms with Gasteiger partial charge in [-0.1, -0.05) is 60.2 Å². The van der Waals surface area contributed by atoms with Crippen LogP contribution in [0.5, 0.6) is 0 Å². The fraction of sp³-hybridized carbons (Fsp3) is 0.214. The van der Waals surface area contributed by atoms with Crippen molar-refractivity contribution < 1.29 is 20.0 Å². The second-order valence-electron chi connectivity index (χ2n) is 9.60. The largest absolute Gasteiger partial charge is 0.595 e. The summed E-state index contributed by atoms with van der Waals surface area (Å²) in [5.41, 5.74) is 5.68. The Morgan fingerprint density at radius 3 is 2.61 bits per heavy atom. The van der Waals surface area contributed by atoms with Gasteiger partial charge in [0.05, 0.1) is 6.04 Å². The molecule has 36 heavy (non-hydrogen) atoms. The van der Waals surface area contributed by atoms with E-state index in [2.05, 4.69) is 4.98 Å². The number of aryl methyl sites for hydroxylation is 1. The zero-order chi connectivity index (χ0) is 25.0. The molecule has 0 saturated carbocycles. The first-order valence-electron chi connectivity index (χ1n) is 12.0. The van der Waals surface area contributed by atoms with E-state index in [0.717, 1.165) is 33.3 Å². The third kappa shape index (κ3) is 3.67. The van der Waals surface area contributed by atoms with Crippen molar-refractivity contribution in [1.29, 1.82) is 0 Å². The van der Waals surface area contributed by atoms with Crippen LogP contribution in [-0.4, -0.2) is 44.4 Å². The number of hydrogen-bond acceptors (Lipinski definition) is 4. The molecule has 3 N–H and O–H groups in total. The summed E-state index contributed by atoms with van der Waals surface area (Å²) in [6, 6.07) is 21.3. The number of carbonyl (C=O) groups excluding carboxylic acids is 2. The molecule has 0 aliphatic carbocycles. The van der Waals surface area contributed by atoms with Crippen molar-refractivity contribution >= 4 is 28.4 Å². The van der Waals surface area contributed by atoms with E-state index in [-0.39, 0.29) is 24.0 Å². The van der Waals surface area contributed by atoms with Gasteiger partial charge >= 0.3 is 0 Å². The lowest BCUT2D eigenvalue weighted by Crippen LogP contribution is -2.99. The zero-order valence-corrected chi connectivity index (χ0v) is 19.8. The van der Waals surface area contributed by atoms with Crippen LogP contribution in [0.15, 0.2) is 72.8 Å². The summed E-state index contributed by atoms with van der Waals surface area (Å²) in [7, 11) is 0. The molecule has 4 aromatic rings. The number of nitrogens with one attached hydrogen (secondary N) is 2. The number of nitrogens with zero attached hydrogens (tertiary/aromatic N) is 2. The van der Waals surface area contributed by atoms with Crippen LogP contribution < -0.4 is 5.23 Å². The Morgan fingerprint density at radius 2 is 1.83 bits per heavy atom. The van der Waals surface area contributed by atoms with E-state index in [1.807, 2.05) is 61.5 Å². The van der Waals surface area contributed by atoms with Crippen LogP contribution in [0, 0.1) is 12.1 Å². The number of hydrogen-bond donors (Lipinski definition) is 3. The fourth-order valence-electron chi connectivity index (χ4n) is 5.56. The molecule has 0 bridgehead atoms. The second kappa shape index (κ2) is 8.60. The predicted molar refractivity (Wildman–Crippen MR) is 133 cm³/mol. The third-order valence-electron chi connectivity index (χ3n) is 7.29. The number of piperazine rings is 1. The van der Waals surface area contributed by atoms with Gasteiger partial charge in [-0.2, -0.15) is 5.23 Å². The number of benzene rings is 3. The minimum absolute atomic E-state index is 0.0199. The number of rotatable bonds is 4. The van der Waals surface area contributed by atoms with Gasteiger partial charge in [0.25, 0.3) is 0 Å². The molecular weight excluding hydrogens is 456 g/mol.